The van der Waals surface area contributed by atoms with E-state index in [1.807, 2.05) is 12.1 Å². The third-order valence-electron chi connectivity index (χ3n) is 4.17. The summed E-state index contributed by atoms with van der Waals surface area (Å²) >= 11 is 6.99. The summed E-state index contributed by atoms with van der Waals surface area (Å²) in [5.41, 5.74) is 6.25. The Balaban J connectivity index is 1.84. The highest BCUT2D eigenvalue weighted by molar-refractivity contribution is 7.80. The monoisotopic (exact) mass is 358 g/mol. The molecule has 124 valence electrons. The third kappa shape index (κ3) is 3.88. The quantitative estimate of drug-likeness (QED) is 0.823. The van der Waals surface area contributed by atoms with Crippen LogP contribution in [0.3, 0.4) is 0 Å². The summed E-state index contributed by atoms with van der Waals surface area (Å²) in [7, 11) is 0. The average Bonchev–Trinajstić information content (AvgIpc) is 2.95. The summed E-state index contributed by atoms with van der Waals surface area (Å²) in [6, 6.07) is 10.3. The highest BCUT2D eigenvalue weighted by Gasteiger charge is 2.21. The minimum atomic E-state index is -0.341. The Hall–Kier alpha value is -2.05. The van der Waals surface area contributed by atoms with Crippen molar-refractivity contribution in [3.05, 3.63) is 41.3 Å². The van der Waals surface area contributed by atoms with Crippen LogP contribution >= 0.6 is 23.6 Å². The Bertz CT molecular complexity index is 805. The molecule has 0 aliphatic carbocycles. The van der Waals surface area contributed by atoms with Crippen LogP contribution in [0.5, 0.6) is 0 Å². The number of hydrogen-bond acceptors (Lipinski definition) is 4. The number of amides is 2. The SMILES string of the molecule is NC(=O)CCC1CCC(c2cc3ccccc3s2)=CC(=O)NC1=S. The summed E-state index contributed by atoms with van der Waals surface area (Å²) in [6.45, 7) is 0. The van der Waals surface area contributed by atoms with Crippen LogP contribution in [-0.4, -0.2) is 16.8 Å². The largest absolute Gasteiger partial charge is 0.370 e. The number of fused-ring (bicyclic) bond motifs is 1. The first-order valence-electron chi connectivity index (χ1n) is 7.85. The van der Waals surface area contributed by atoms with Crippen LogP contribution in [0.15, 0.2) is 36.4 Å². The average molecular weight is 358 g/mol. The Morgan fingerprint density at radius 1 is 1.38 bits per heavy atom. The van der Waals surface area contributed by atoms with Crippen LogP contribution in [0, 0.1) is 5.92 Å². The molecule has 2 aromatic rings. The number of nitrogens with two attached hydrogens (primary N) is 1. The van der Waals surface area contributed by atoms with E-state index in [-0.39, 0.29) is 24.2 Å². The number of rotatable bonds is 4. The minimum Gasteiger partial charge on any atom is -0.370 e. The van der Waals surface area contributed by atoms with E-state index in [9.17, 15) is 9.59 Å². The lowest BCUT2D eigenvalue weighted by Gasteiger charge is -2.21. The topological polar surface area (TPSA) is 72.2 Å². The number of hydrogen-bond donors (Lipinski definition) is 2. The zero-order chi connectivity index (χ0) is 17.1. The number of thiophene rings is 1. The fraction of sp³-hybridized carbons (Fsp3) is 0.278. The summed E-state index contributed by atoms with van der Waals surface area (Å²) < 4.78 is 1.21. The van der Waals surface area contributed by atoms with E-state index in [4.69, 9.17) is 18.0 Å². The van der Waals surface area contributed by atoms with Crippen molar-refractivity contribution >= 4 is 56.0 Å². The lowest BCUT2D eigenvalue weighted by Crippen LogP contribution is -2.35. The molecule has 24 heavy (non-hydrogen) atoms. The molecule has 6 heteroatoms. The van der Waals surface area contributed by atoms with Gasteiger partial charge in [-0.15, -0.1) is 11.3 Å². The molecule has 0 bridgehead atoms. The molecule has 1 unspecified atom stereocenters. The lowest BCUT2D eigenvalue weighted by atomic mass is 9.92. The van der Waals surface area contributed by atoms with E-state index < -0.39 is 0 Å². The molecule has 0 saturated heterocycles. The molecule has 2 heterocycles. The van der Waals surface area contributed by atoms with Gasteiger partial charge in [0.25, 0.3) is 0 Å². The van der Waals surface area contributed by atoms with Gasteiger partial charge in [-0.3, -0.25) is 9.59 Å². The summed E-state index contributed by atoms with van der Waals surface area (Å²) in [5.74, 6) is -0.544. The van der Waals surface area contributed by atoms with Gasteiger partial charge in [-0.25, -0.2) is 0 Å². The van der Waals surface area contributed by atoms with Gasteiger partial charge in [0.05, 0.1) is 4.99 Å². The zero-order valence-electron chi connectivity index (χ0n) is 13.1. The van der Waals surface area contributed by atoms with E-state index >= 15 is 0 Å². The first kappa shape index (κ1) is 16.8. The van der Waals surface area contributed by atoms with Crippen molar-refractivity contribution in [1.29, 1.82) is 0 Å². The molecule has 1 aromatic heterocycles. The maximum Gasteiger partial charge on any atom is 0.249 e. The van der Waals surface area contributed by atoms with Gasteiger partial charge in [0.15, 0.2) is 0 Å². The molecular formula is C18H18N2O2S2. The van der Waals surface area contributed by atoms with Crippen LogP contribution in [0.25, 0.3) is 15.7 Å². The minimum absolute atomic E-state index is 0.00507. The summed E-state index contributed by atoms with van der Waals surface area (Å²) in [5, 5.41) is 3.94. The number of carbonyl (C=O) groups excluding carboxylic acids is 2. The van der Waals surface area contributed by atoms with E-state index in [1.165, 1.54) is 10.1 Å². The summed E-state index contributed by atoms with van der Waals surface area (Å²) in [6.07, 6.45) is 4.05. The lowest BCUT2D eigenvalue weighted by molar-refractivity contribution is -0.118. The van der Waals surface area contributed by atoms with Crippen molar-refractivity contribution in [2.45, 2.75) is 25.7 Å². The van der Waals surface area contributed by atoms with Gasteiger partial charge in [0, 0.05) is 28.0 Å². The van der Waals surface area contributed by atoms with E-state index in [0.717, 1.165) is 23.3 Å². The van der Waals surface area contributed by atoms with E-state index in [2.05, 4.69) is 23.5 Å². The zero-order valence-corrected chi connectivity index (χ0v) is 14.7. The van der Waals surface area contributed by atoms with Crippen molar-refractivity contribution in [3.8, 4) is 0 Å². The van der Waals surface area contributed by atoms with Crippen molar-refractivity contribution in [2.75, 3.05) is 0 Å². The van der Waals surface area contributed by atoms with Crippen LogP contribution < -0.4 is 11.1 Å². The molecule has 1 aliphatic rings. The van der Waals surface area contributed by atoms with Crippen molar-refractivity contribution in [2.24, 2.45) is 11.7 Å². The second-order valence-corrected chi connectivity index (χ2v) is 7.44. The van der Waals surface area contributed by atoms with Crippen molar-refractivity contribution < 1.29 is 9.59 Å². The van der Waals surface area contributed by atoms with Gasteiger partial charge in [-0.2, -0.15) is 0 Å². The van der Waals surface area contributed by atoms with Crippen molar-refractivity contribution in [3.63, 3.8) is 0 Å². The molecule has 3 N–H and O–H groups in total. The predicted octanol–water partition coefficient (Wildman–Crippen LogP) is 3.40. The Labute approximate surface area is 149 Å². The smallest absolute Gasteiger partial charge is 0.249 e. The van der Waals surface area contributed by atoms with Crippen LogP contribution in [0.4, 0.5) is 0 Å². The highest BCUT2D eigenvalue weighted by Crippen LogP contribution is 2.34. The Kier molecular flexibility index (Phi) is 5.06. The molecule has 3 rings (SSSR count). The van der Waals surface area contributed by atoms with Crippen molar-refractivity contribution in [1.82, 2.24) is 5.32 Å². The van der Waals surface area contributed by atoms with Gasteiger partial charge in [-0.05, 0) is 42.4 Å². The van der Waals surface area contributed by atoms with Gasteiger partial charge >= 0.3 is 0 Å². The first-order valence-corrected chi connectivity index (χ1v) is 9.08. The van der Waals surface area contributed by atoms with Gasteiger partial charge in [0.2, 0.25) is 11.8 Å². The van der Waals surface area contributed by atoms with E-state index in [1.54, 1.807) is 17.4 Å². The number of benzene rings is 1. The van der Waals surface area contributed by atoms with Gasteiger partial charge in [-0.1, -0.05) is 30.4 Å². The second kappa shape index (κ2) is 7.23. The summed E-state index contributed by atoms with van der Waals surface area (Å²) in [4.78, 5) is 24.8. The molecular weight excluding hydrogens is 340 g/mol. The standard InChI is InChI=1S/C18H18N2O2S2/c19-16(21)8-7-11-5-6-13(10-17(22)20-18(11)23)15-9-12-3-1-2-4-14(12)24-15/h1-4,9-11H,5-8H2,(H2,19,21)(H,20,22,23). The maximum absolute atomic E-state index is 12.2. The fourth-order valence-electron chi connectivity index (χ4n) is 2.88. The number of carbonyl (C=O) groups is 2. The third-order valence-corrected chi connectivity index (χ3v) is 5.79. The first-order chi connectivity index (χ1) is 11.5. The Morgan fingerprint density at radius 3 is 2.92 bits per heavy atom. The van der Waals surface area contributed by atoms with Crippen LogP contribution in [-0.2, 0) is 9.59 Å². The molecule has 0 saturated carbocycles. The predicted molar refractivity (Wildman–Crippen MR) is 102 cm³/mol. The number of primary amides is 1. The number of allylic oxidation sites excluding steroid dienone is 1. The molecule has 2 amide bonds. The molecule has 0 fully saturated rings. The molecule has 0 spiro atoms. The second-order valence-electron chi connectivity index (χ2n) is 5.91. The number of nitrogens with one attached hydrogen (secondary N) is 1. The van der Waals surface area contributed by atoms with Crippen LogP contribution in [0.1, 0.15) is 30.6 Å². The molecule has 4 nitrogen and oxygen atoms in total. The molecule has 1 aromatic carbocycles. The fourth-order valence-corrected chi connectivity index (χ4v) is 4.32. The van der Waals surface area contributed by atoms with E-state index in [0.29, 0.717) is 11.4 Å². The van der Waals surface area contributed by atoms with Gasteiger partial charge < -0.3 is 11.1 Å². The molecule has 1 atom stereocenters. The Morgan fingerprint density at radius 2 is 2.17 bits per heavy atom. The normalized spacial score (nSPS) is 18.7. The highest BCUT2D eigenvalue weighted by atomic mass is 32.1. The molecule has 0 radical (unpaired) electrons. The molecule has 1 aliphatic heterocycles. The number of thiocarbonyl (C=S) groups is 1. The van der Waals surface area contributed by atoms with Gasteiger partial charge in [0.1, 0.15) is 0 Å². The maximum atomic E-state index is 12.2. The van der Waals surface area contributed by atoms with Crippen LogP contribution in [0.2, 0.25) is 0 Å².